The summed E-state index contributed by atoms with van der Waals surface area (Å²) < 4.78 is 27.1. The molecule has 8 nitrogen and oxygen atoms in total. The molecule has 1 aliphatic heterocycles. The van der Waals surface area contributed by atoms with Gasteiger partial charge >= 0.3 is 0 Å². The molecule has 4 rings (SSSR count). The number of carbonyl (C=O) groups excluding carboxylic acids is 3. The lowest BCUT2D eigenvalue weighted by atomic mass is 10.1. The van der Waals surface area contributed by atoms with Gasteiger partial charge in [-0.2, -0.15) is 0 Å². The highest BCUT2D eigenvalue weighted by atomic mass is 79.9. The Kier molecular flexibility index (Phi) is 5.15. The van der Waals surface area contributed by atoms with Gasteiger partial charge in [-0.25, -0.2) is 12.7 Å². The molecular weight excluding hydrogens is 474 g/mol. The number of amides is 3. The third-order valence-corrected chi connectivity index (χ3v) is 7.52. The molecular formula is C20H18BrN3O5S. The van der Waals surface area contributed by atoms with E-state index in [4.69, 9.17) is 0 Å². The van der Waals surface area contributed by atoms with E-state index in [0.717, 1.165) is 4.31 Å². The van der Waals surface area contributed by atoms with Crippen LogP contribution >= 0.6 is 15.9 Å². The standard InChI is InChI=1S/C20H18BrN3O5S/c1-23(11-18(25)22-16-5-3-2-4-15(16)21)19(26)12-6-9-14-17(10-12)30(28,29)24(20(14)27)13-7-8-13/h2-6,9-10,13H,7-8,11H2,1H3,(H,22,25). The zero-order chi connectivity index (χ0) is 21.6. The number of rotatable bonds is 5. The maximum Gasteiger partial charge on any atom is 0.269 e. The van der Waals surface area contributed by atoms with Crippen LogP contribution in [-0.2, 0) is 14.8 Å². The van der Waals surface area contributed by atoms with E-state index in [0.29, 0.717) is 23.0 Å². The van der Waals surface area contributed by atoms with Crippen LogP contribution in [0.25, 0.3) is 0 Å². The van der Waals surface area contributed by atoms with Crippen LogP contribution in [0.4, 0.5) is 5.69 Å². The summed E-state index contributed by atoms with van der Waals surface area (Å²) in [5.41, 5.74) is 0.748. The second-order valence-electron chi connectivity index (χ2n) is 7.24. The topological polar surface area (TPSA) is 104 Å². The van der Waals surface area contributed by atoms with Crippen LogP contribution in [0.5, 0.6) is 0 Å². The van der Waals surface area contributed by atoms with Gasteiger partial charge in [0, 0.05) is 23.1 Å². The van der Waals surface area contributed by atoms with E-state index >= 15 is 0 Å². The van der Waals surface area contributed by atoms with Crippen molar-refractivity contribution in [1.82, 2.24) is 9.21 Å². The number of likely N-dealkylation sites (N-methyl/N-ethyl adjacent to an activating group) is 1. The number of para-hydroxylation sites is 1. The highest BCUT2D eigenvalue weighted by Gasteiger charge is 2.48. The number of anilines is 1. The van der Waals surface area contributed by atoms with E-state index < -0.39 is 27.7 Å². The van der Waals surface area contributed by atoms with Gasteiger partial charge < -0.3 is 10.2 Å². The van der Waals surface area contributed by atoms with Crippen molar-refractivity contribution >= 4 is 49.4 Å². The quantitative estimate of drug-likeness (QED) is 0.691. The van der Waals surface area contributed by atoms with Gasteiger partial charge in [-0.05, 0) is 59.1 Å². The lowest BCUT2D eigenvalue weighted by Crippen LogP contribution is -2.35. The number of sulfonamides is 1. The Morgan fingerprint density at radius 3 is 2.57 bits per heavy atom. The largest absolute Gasteiger partial charge is 0.332 e. The first kappa shape index (κ1) is 20.5. The summed E-state index contributed by atoms with van der Waals surface area (Å²) in [6.45, 7) is -0.225. The van der Waals surface area contributed by atoms with Gasteiger partial charge in [0.05, 0.1) is 17.8 Å². The van der Waals surface area contributed by atoms with Crippen LogP contribution in [0.15, 0.2) is 51.8 Å². The highest BCUT2D eigenvalue weighted by molar-refractivity contribution is 9.10. The summed E-state index contributed by atoms with van der Waals surface area (Å²) in [7, 11) is -2.50. The van der Waals surface area contributed by atoms with Gasteiger partial charge in [-0.3, -0.25) is 14.4 Å². The van der Waals surface area contributed by atoms with Crippen LogP contribution in [0.1, 0.15) is 33.6 Å². The fraction of sp³-hybridized carbons (Fsp3) is 0.250. The van der Waals surface area contributed by atoms with Crippen molar-refractivity contribution in [3.8, 4) is 0 Å². The number of hydrogen-bond acceptors (Lipinski definition) is 5. The molecule has 0 bridgehead atoms. The predicted molar refractivity (Wildman–Crippen MR) is 113 cm³/mol. The van der Waals surface area contributed by atoms with Crippen LogP contribution < -0.4 is 5.32 Å². The summed E-state index contributed by atoms with van der Waals surface area (Å²) in [6, 6.07) is 10.8. The zero-order valence-electron chi connectivity index (χ0n) is 16.0. The van der Waals surface area contributed by atoms with Crippen LogP contribution in [-0.4, -0.2) is 55.0 Å². The summed E-state index contributed by atoms with van der Waals surface area (Å²) in [5.74, 6) is -1.47. The molecule has 0 saturated heterocycles. The molecule has 0 aromatic heterocycles. The van der Waals surface area contributed by atoms with Crippen molar-refractivity contribution in [3.05, 3.63) is 58.1 Å². The second kappa shape index (κ2) is 7.51. The molecule has 2 aromatic carbocycles. The molecule has 1 aliphatic carbocycles. The van der Waals surface area contributed by atoms with E-state index in [9.17, 15) is 22.8 Å². The molecule has 0 spiro atoms. The van der Waals surface area contributed by atoms with E-state index in [1.54, 1.807) is 18.2 Å². The second-order valence-corrected chi connectivity index (χ2v) is 9.88. The van der Waals surface area contributed by atoms with Crippen molar-refractivity contribution in [2.45, 2.75) is 23.8 Å². The average molecular weight is 492 g/mol. The van der Waals surface area contributed by atoms with Gasteiger partial charge in [0.25, 0.3) is 21.8 Å². The Labute approximate surface area is 182 Å². The molecule has 30 heavy (non-hydrogen) atoms. The van der Waals surface area contributed by atoms with Crippen LogP contribution in [0.3, 0.4) is 0 Å². The molecule has 1 fully saturated rings. The number of halogens is 1. The summed E-state index contributed by atoms with van der Waals surface area (Å²) >= 11 is 3.34. The average Bonchev–Trinajstić information content (AvgIpc) is 3.50. The molecule has 2 aliphatic rings. The van der Waals surface area contributed by atoms with Gasteiger partial charge in [0.1, 0.15) is 4.90 Å². The van der Waals surface area contributed by atoms with Crippen LogP contribution in [0.2, 0.25) is 0 Å². The number of benzene rings is 2. The molecule has 0 atom stereocenters. The molecule has 10 heteroatoms. The molecule has 156 valence electrons. The molecule has 0 radical (unpaired) electrons. The SMILES string of the molecule is CN(CC(=O)Nc1ccccc1Br)C(=O)c1ccc2c(c1)S(=O)(=O)N(C1CC1)C2=O. The van der Waals surface area contributed by atoms with Gasteiger partial charge in [-0.15, -0.1) is 0 Å². The number of carbonyl (C=O) groups is 3. The first-order valence-corrected chi connectivity index (χ1v) is 11.5. The van der Waals surface area contributed by atoms with Gasteiger partial charge in [-0.1, -0.05) is 12.1 Å². The van der Waals surface area contributed by atoms with E-state index in [1.807, 2.05) is 6.07 Å². The minimum absolute atomic E-state index is 0.0766. The number of hydrogen-bond donors (Lipinski definition) is 1. The maximum absolute atomic E-state index is 12.8. The van der Waals surface area contributed by atoms with Crippen molar-refractivity contribution in [1.29, 1.82) is 0 Å². The van der Waals surface area contributed by atoms with Crippen molar-refractivity contribution in [2.24, 2.45) is 0 Å². The van der Waals surface area contributed by atoms with E-state index in [2.05, 4.69) is 21.2 Å². The Morgan fingerprint density at radius 1 is 1.20 bits per heavy atom. The molecule has 2 aromatic rings. The summed E-state index contributed by atoms with van der Waals surface area (Å²) in [5, 5.41) is 2.71. The Morgan fingerprint density at radius 2 is 1.90 bits per heavy atom. The summed E-state index contributed by atoms with van der Waals surface area (Å²) in [4.78, 5) is 38.5. The first-order valence-electron chi connectivity index (χ1n) is 9.23. The van der Waals surface area contributed by atoms with Crippen molar-refractivity contribution in [3.63, 3.8) is 0 Å². The van der Waals surface area contributed by atoms with Gasteiger partial charge in [0.2, 0.25) is 5.91 Å². The number of nitrogens with one attached hydrogen (secondary N) is 1. The number of fused-ring (bicyclic) bond motifs is 1. The van der Waals surface area contributed by atoms with E-state index in [1.165, 1.54) is 30.1 Å². The lowest BCUT2D eigenvalue weighted by molar-refractivity contribution is -0.116. The maximum atomic E-state index is 12.8. The minimum atomic E-state index is -3.95. The highest BCUT2D eigenvalue weighted by Crippen LogP contribution is 2.39. The van der Waals surface area contributed by atoms with Crippen molar-refractivity contribution < 1.29 is 22.8 Å². The fourth-order valence-electron chi connectivity index (χ4n) is 3.31. The smallest absolute Gasteiger partial charge is 0.269 e. The van der Waals surface area contributed by atoms with Crippen molar-refractivity contribution in [2.75, 3.05) is 18.9 Å². The number of nitrogens with zero attached hydrogens (tertiary/aromatic N) is 2. The molecule has 3 amide bonds. The minimum Gasteiger partial charge on any atom is -0.332 e. The molecule has 1 saturated carbocycles. The Bertz CT molecular complexity index is 1180. The third-order valence-electron chi connectivity index (χ3n) is 4.95. The predicted octanol–water partition coefficient (Wildman–Crippen LogP) is 2.47. The molecule has 1 heterocycles. The normalized spacial score (nSPS) is 16.9. The fourth-order valence-corrected chi connectivity index (χ4v) is 5.54. The Balaban J connectivity index is 1.50. The monoisotopic (exact) mass is 491 g/mol. The Hall–Kier alpha value is -2.72. The molecule has 1 N–H and O–H groups in total. The molecule has 0 unspecified atom stereocenters. The first-order chi connectivity index (χ1) is 14.2. The third kappa shape index (κ3) is 3.61. The lowest BCUT2D eigenvalue weighted by Gasteiger charge is -2.17. The summed E-state index contributed by atoms with van der Waals surface area (Å²) in [6.07, 6.45) is 1.31. The van der Waals surface area contributed by atoms with Crippen LogP contribution in [0, 0.1) is 0 Å². The van der Waals surface area contributed by atoms with E-state index in [-0.39, 0.29) is 28.6 Å². The zero-order valence-corrected chi connectivity index (χ0v) is 18.4. The van der Waals surface area contributed by atoms with Gasteiger partial charge in [0.15, 0.2) is 0 Å².